The van der Waals surface area contributed by atoms with E-state index in [0.29, 0.717) is 18.0 Å². The standard InChI is InChI=1S/C12H15BrClNO/c1-8(2)11(14)7-15-12(16)9-4-3-5-10(13)6-9/h3-6,8,11H,7H2,1-2H3,(H,15,16). The minimum atomic E-state index is -0.0902. The minimum absolute atomic E-state index is 0.0314. The molecule has 0 spiro atoms. The Kier molecular flexibility index (Phi) is 5.29. The minimum Gasteiger partial charge on any atom is -0.351 e. The molecular formula is C12H15BrClNO. The lowest BCUT2D eigenvalue weighted by Crippen LogP contribution is -2.31. The Bertz CT molecular complexity index is 368. The normalized spacial score (nSPS) is 12.6. The molecule has 88 valence electrons. The van der Waals surface area contributed by atoms with Gasteiger partial charge in [0.25, 0.3) is 5.91 Å². The number of carbonyl (C=O) groups is 1. The lowest BCUT2D eigenvalue weighted by Gasteiger charge is -2.14. The van der Waals surface area contributed by atoms with E-state index in [4.69, 9.17) is 11.6 Å². The first kappa shape index (κ1) is 13.5. The fourth-order valence-corrected chi connectivity index (χ4v) is 1.63. The molecule has 0 heterocycles. The maximum absolute atomic E-state index is 11.7. The Balaban J connectivity index is 2.53. The Morgan fingerprint density at radius 3 is 2.75 bits per heavy atom. The van der Waals surface area contributed by atoms with E-state index >= 15 is 0 Å². The van der Waals surface area contributed by atoms with Crippen LogP contribution in [-0.2, 0) is 0 Å². The van der Waals surface area contributed by atoms with Crippen molar-refractivity contribution in [2.75, 3.05) is 6.54 Å². The van der Waals surface area contributed by atoms with Crippen molar-refractivity contribution in [3.05, 3.63) is 34.3 Å². The van der Waals surface area contributed by atoms with Gasteiger partial charge in [-0.05, 0) is 24.1 Å². The Hall–Kier alpha value is -0.540. The third-order valence-electron chi connectivity index (χ3n) is 2.27. The molecule has 0 saturated carbocycles. The molecule has 2 nitrogen and oxygen atoms in total. The molecule has 1 N–H and O–H groups in total. The van der Waals surface area contributed by atoms with Gasteiger partial charge in [0.1, 0.15) is 0 Å². The first-order valence-electron chi connectivity index (χ1n) is 5.18. The molecule has 0 aromatic heterocycles. The first-order chi connectivity index (χ1) is 7.50. The van der Waals surface area contributed by atoms with Crippen molar-refractivity contribution in [1.29, 1.82) is 0 Å². The van der Waals surface area contributed by atoms with E-state index in [9.17, 15) is 4.79 Å². The van der Waals surface area contributed by atoms with E-state index in [2.05, 4.69) is 21.2 Å². The van der Waals surface area contributed by atoms with Crippen molar-refractivity contribution in [3.8, 4) is 0 Å². The van der Waals surface area contributed by atoms with Gasteiger partial charge in [0.05, 0.1) is 5.38 Å². The molecule has 0 radical (unpaired) electrons. The number of hydrogen-bond donors (Lipinski definition) is 1. The Morgan fingerprint density at radius 1 is 1.50 bits per heavy atom. The average molecular weight is 305 g/mol. The molecule has 4 heteroatoms. The van der Waals surface area contributed by atoms with Gasteiger partial charge >= 0.3 is 0 Å². The highest BCUT2D eigenvalue weighted by molar-refractivity contribution is 9.10. The lowest BCUT2D eigenvalue weighted by molar-refractivity contribution is 0.0952. The zero-order chi connectivity index (χ0) is 12.1. The molecule has 1 rings (SSSR count). The summed E-state index contributed by atoms with van der Waals surface area (Å²) in [6, 6.07) is 7.28. The summed E-state index contributed by atoms with van der Waals surface area (Å²) < 4.78 is 0.895. The smallest absolute Gasteiger partial charge is 0.251 e. The van der Waals surface area contributed by atoms with Crippen LogP contribution >= 0.6 is 27.5 Å². The summed E-state index contributed by atoms with van der Waals surface area (Å²) in [7, 11) is 0. The van der Waals surface area contributed by atoms with Gasteiger partial charge in [-0.2, -0.15) is 0 Å². The van der Waals surface area contributed by atoms with Gasteiger partial charge in [0.2, 0.25) is 0 Å². The Morgan fingerprint density at radius 2 is 2.19 bits per heavy atom. The van der Waals surface area contributed by atoms with Gasteiger partial charge in [0.15, 0.2) is 0 Å². The van der Waals surface area contributed by atoms with Crippen LogP contribution in [0.25, 0.3) is 0 Å². The number of alkyl halides is 1. The zero-order valence-corrected chi connectivity index (χ0v) is 11.7. The van der Waals surface area contributed by atoms with Crippen molar-refractivity contribution >= 4 is 33.4 Å². The summed E-state index contributed by atoms with van der Waals surface area (Å²) in [4.78, 5) is 11.7. The predicted molar refractivity (Wildman–Crippen MR) is 71.0 cm³/mol. The highest BCUT2D eigenvalue weighted by Crippen LogP contribution is 2.12. The Labute approximate surface area is 110 Å². The molecule has 1 atom stereocenters. The van der Waals surface area contributed by atoms with Crippen LogP contribution in [0.4, 0.5) is 0 Å². The number of carbonyl (C=O) groups excluding carboxylic acids is 1. The fraction of sp³-hybridized carbons (Fsp3) is 0.417. The van der Waals surface area contributed by atoms with E-state index in [-0.39, 0.29) is 11.3 Å². The fourth-order valence-electron chi connectivity index (χ4n) is 1.16. The van der Waals surface area contributed by atoms with Gasteiger partial charge in [-0.3, -0.25) is 4.79 Å². The van der Waals surface area contributed by atoms with Crippen LogP contribution in [0.1, 0.15) is 24.2 Å². The predicted octanol–water partition coefficient (Wildman–Crippen LogP) is 3.44. The molecule has 16 heavy (non-hydrogen) atoms. The van der Waals surface area contributed by atoms with Crippen LogP contribution in [0.2, 0.25) is 0 Å². The van der Waals surface area contributed by atoms with Crippen LogP contribution in [0, 0.1) is 5.92 Å². The number of halogens is 2. The van der Waals surface area contributed by atoms with Crippen LogP contribution in [0.15, 0.2) is 28.7 Å². The second kappa shape index (κ2) is 6.26. The maximum atomic E-state index is 11.7. The molecule has 1 amide bonds. The maximum Gasteiger partial charge on any atom is 0.251 e. The molecule has 0 fully saturated rings. The molecule has 1 aromatic carbocycles. The first-order valence-corrected chi connectivity index (χ1v) is 6.41. The topological polar surface area (TPSA) is 29.1 Å². The van der Waals surface area contributed by atoms with Gasteiger partial charge in [-0.1, -0.05) is 35.8 Å². The third-order valence-corrected chi connectivity index (χ3v) is 3.42. The quantitative estimate of drug-likeness (QED) is 0.848. The van der Waals surface area contributed by atoms with Crippen LogP contribution in [0.3, 0.4) is 0 Å². The van der Waals surface area contributed by atoms with Crippen LogP contribution in [0.5, 0.6) is 0 Å². The molecule has 1 aromatic rings. The highest BCUT2D eigenvalue weighted by atomic mass is 79.9. The van der Waals surface area contributed by atoms with Gasteiger partial charge < -0.3 is 5.32 Å². The van der Waals surface area contributed by atoms with Crippen molar-refractivity contribution in [3.63, 3.8) is 0 Å². The average Bonchev–Trinajstić information content (AvgIpc) is 2.25. The highest BCUT2D eigenvalue weighted by Gasteiger charge is 2.12. The van der Waals surface area contributed by atoms with Gasteiger partial charge in [-0.15, -0.1) is 11.6 Å². The molecule has 0 bridgehead atoms. The summed E-state index contributed by atoms with van der Waals surface area (Å²) in [5, 5.41) is 2.78. The van der Waals surface area contributed by atoms with Gasteiger partial charge in [-0.25, -0.2) is 0 Å². The number of benzene rings is 1. The molecule has 0 saturated heterocycles. The van der Waals surface area contributed by atoms with Crippen LogP contribution < -0.4 is 5.32 Å². The largest absolute Gasteiger partial charge is 0.351 e. The molecule has 1 unspecified atom stereocenters. The van der Waals surface area contributed by atoms with E-state index < -0.39 is 0 Å². The number of amides is 1. The molecule has 0 aliphatic rings. The number of rotatable bonds is 4. The van der Waals surface area contributed by atoms with E-state index in [0.717, 1.165) is 4.47 Å². The molecule has 0 aliphatic carbocycles. The monoisotopic (exact) mass is 303 g/mol. The van der Waals surface area contributed by atoms with Crippen molar-refractivity contribution in [2.45, 2.75) is 19.2 Å². The van der Waals surface area contributed by atoms with Crippen molar-refractivity contribution in [2.24, 2.45) is 5.92 Å². The van der Waals surface area contributed by atoms with Gasteiger partial charge in [0, 0.05) is 16.6 Å². The lowest BCUT2D eigenvalue weighted by atomic mass is 10.1. The third kappa shape index (κ3) is 4.14. The summed E-state index contributed by atoms with van der Waals surface area (Å²) in [6.45, 7) is 4.55. The van der Waals surface area contributed by atoms with E-state index in [1.165, 1.54) is 0 Å². The molecule has 0 aliphatic heterocycles. The summed E-state index contributed by atoms with van der Waals surface area (Å²) in [5.74, 6) is 0.261. The second-order valence-corrected chi connectivity index (χ2v) is 5.46. The second-order valence-electron chi connectivity index (χ2n) is 3.98. The van der Waals surface area contributed by atoms with Crippen molar-refractivity contribution < 1.29 is 4.79 Å². The zero-order valence-electron chi connectivity index (χ0n) is 9.34. The molecular weight excluding hydrogens is 289 g/mol. The van der Waals surface area contributed by atoms with E-state index in [1.54, 1.807) is 12.1 Å². The summed E-state index contributed by atoms with van der Waals surface area (Å²) in [6.07, 6.45) is 0. The SMILES string of the molecule is CC(C)C(Cl)CNC(=O)c1cccc(Br)c1. The van der Waals surface area contributed by atoms with E-state index in [1.807, 2.05) is 26.0 Å². The number of hydrogen-bond acceptors (Lipinski definition) is 1. The summed E-state index contributed by atoms with van der Waals surface area (Å²) in [5.41, 5.74) is 0.641. The van der Waals surface area contributed by atoms with Crippen molar-refractivity contribution in [1.82, 2.24) is 5.32 Å². The number of nitrogens with one attached hydrogen (secondary N) is 1. The summed E-state index contributed by atoms with van der Waals surface area (Å²) >= 11 is 9.38. The van der Waals surface area contributed by atoms with Crippen LogP contribution in [-0.4, -0.2) is 17.8 Å².